The fraction of sp³-hybridized carbons (Fsp3) is 0.556. The first-order valence-electron chi connectivity index (χ1n) is 5.17. The number of nitrogens with two attached hydrogens (primary N) is 1. The Labute approximate surface area is 101 Å². The van der Waals surface area contributed by atoms with E-state index in [-0.39, 0.29) is 24.4 Å². The van der Waals surface area contributed by atoms with Crippen molar-refractivity contribution in [2.45, 2.75) is 25.6 Å². The molecule has 0 aliphatic carbocycles. The van der Waals surface area contributed by atoms with Crippen LogP contribution in [0, 0.1) is 0 Å². The van der Waals surface area contributed by atoms with E-state index in [9.17, 15) is 13.2 Å². The maximum atomic E-state index is 12.5. The first kappa shape index (κ1) is 14.5. The third-order valence-electron chi connectivity index (χ3n) is 2.10. The highest BCUT2D eigenvalue weighted by Crippen LogP contribution is 2.29. The Morgan fingerprint density at radius 1 is 1.44 bits per heavy atom. The summed E-state index contributed by atoms with van der Waals surface area (Å²) in [5.41, 5.74) is 0.880. The summed E-state index contributed by atoms with van der Waals surface area (Å²) in [7, 11) is 0. The molecular formula is C9H14F3N5O. The molecule has 1 unspecified atom stereocenters. The van der Waals surface area contributed by atoms with Gasteiger partial charge in [-0.3, -0.25) is 5.43 Å². The SMILES string of the molecule is CC(CCO)Nc1cc(C(F)(F)F)nc(NN)n1. The van der Waals surface area contributed by atoms with Crippen LogP contribution in [0.3, 0.4) is 0 Å². The lowest BCUT2D eigenvalue weighted by Gasteiger charge is -2.15. The lowest BCUT2D eigenvalue weighted by atomic mass is 10.2. The quantitative estimate of drug-likeness (QED) is 0.468. The zero-order valence-electron chi connectivity index (χ0n) is 9.62. The van der Waals surface area contributed by atoms with E-state index in [1.165, 1.54) is 0 Å². The molecule has 0 amide bonds. The molecule has 5 N–H and O–H groups in total. The van der Waals surface area contributed by atoms with Gasteiger partial charge < -0.3 is 10.4 Å². The molecule has 0 bridgehead atoms. The number of hydrazine groups is 1. The molecule has 0 saturated carbocycles. The summed E-state index contributed by atoms with van der Waals surface area (Å²) >= 11 is 0. The normalized spacial score (nSPS) is 13.2. The van der Waals surface area contributed by atoms with Gasteiger partial charge in [0.2, 0.25) is 5.95 Å². The van der Waals surface area contributed by atoms with Gasteiger partial charge in [-0.05, 0) is 13.3 Å². The summed E-state index contributed by atoms with van der Waals surface area (Å²) < 4.78 is 37.6. The maximum absolute atomic E-state index is 12.5. The second kappa shape index (κ2) is 5.83. The molecule has 0 aromatic carbocycles. The summed E-state index contributed by atoms with van der Waals surface area (Å²) in [4.78, 5) is 6.96. The molecule has 9 heteroatoms. The van der Waals surface area contributed by atoms with Crippen molar-refractivity contribution < 1.29 is 18.3 Å². The van der Waals surface area contributed by atoms with Crippen molar-refractivity contribution >= 4 is 11.8 Å². The van der Waals surface area contributed by atoms with E-state index in [2.05, 4.69) is 15.3 Å². The van der Waals surface area contributed by atoms with Gasteiger partial charge in [0.25, 0.3) is 0 Å². The molecule has 0 aliphatic rings. The topological polar surface area (TPSA) is 96.1 Å². The van der Waals surface area contributed by atoms with E-state index < -0.39 is 11.9 Å². The van der Waals surface area contributed by atoms with Crippen molar-refractivity contribution in [2.24, 2.45) is 5.84 Å². The maximum Gasteiger partial charge on any atom is 0.433 e. The van der Waals surface area contributed by atoms with Crippen molar-refractivity contribution in [1.82, 2.24) is 9.97 Å². The number of hydrogen-bond donors (Lipinski definition) is 4. The highest BCUT2D eigenvalue weighted by atomic mass is 19.4. The van der Waals surface area contributed by atoms with Crippen LogP contribution >= 0.6 is 0 Å². The molecule has 0 fully saturated rings. The second-order valence-corrected chi connectivity index (χ2v) is 3.66. The number of nitrogen functional groups attached to an aromatic ring is 1. The predicted octanol–water partition coefficient (Wildman–Crippen LogP) is 0.964. The van der Waals surface area contributed by atoms with Crippen LogP contribution in [0.5, 0.6) is 0 Å². The van der Waals surface area contributed by atoms with Crippen LogP contribution in [0.1, 0.15) is 19.0 Å². The predicted molar refractivity (Wildman–Crippen MR) is 59.6 cm³/mol. The van der Waals surface area contributed by atoms with Gasteiger partial charge >= 0.3 is 6.18 Å². The highest BCUT2D eigenvalue weighted by molar-refractivity contribution is 5.43. The number of nitrogens with one attached hydrogen (secondary N) is 2. The molecule has 0 saturated heterocycles. The number of anilines is 2. The Balaban J connectivity index is 2.97. The Morgan fingerprint density at radius 2 is 2.11 bits per heavy atom. The van der Waals surface area contributed by atoms with Gasteiger partial charge in [0.1, 0.15) is 5.82 Å². The van der Waals surface area contributed by atoms with E-state index >= 15 is 0 Å². The lowest BCUT2D eigenvalue weighted by Crippen LogP contribution is -2.21. The van der Waals surface area contributed by atoms with E-state index in [1.54, 1.807) is 6.92 Å². The van der Waals surface area contributed by atoms with Gasteiger partial charge in [0, 0.05) is 18.7 Å². The van der Waals surface area contributed by atoms with Crippen LogP contribution in [-0.2, 0) is 6.18 Å². The first-order valence-corrected chi connectivity index (χ1v) is 5.17. The molecule has 1 atom stereocenters. The summed E-state index contributed by atoms with van der Waals surface area (Å²) in [6.07, 6.45) is -4.19. The minimum absolute atomic E-state index is 0.00812. The number of halogens is 3. The van der Waals surface area contributed by atoms with Gasteiger partial charge in [-0.25, -0.2) is 10.8 Å². The average molecular weight is 265 g/mol. The van der Waals surface area contributed by atoms with Crippen molar-refractivity contribution in [3.63, 3.8) is 0 Å². The second-order valence-electron chi connectivity index (χ2n) is 3.66. The number of rotatable bonds is 5. The van der Waals surface area contributed by atoms with E-state index in [0.29, 0.717) is 6.42 Å². The van der Waals surface area contributed by atoms with Crippen LogP contribution in [0.2, 0.25) is 0 Å². The van der Waals surface area contributed by atoms with Gasteiger partial charge in [-0.15, -0.1) is 0 Å². The number of nitrogens with zero attached hydrogens (tertiary/aromatic N) is 2. The molecule has 102 valence electrons. The number of aliphatic hydroxyl groups is 1. The molecule has 0 aliphatic heterocycles. The first-order chi connectivity index (χ1) is 8.36. The molecule has 6 nitrogen and oxygen atoms in total. The summed E-state index contributed by atoms with van der Waals surface area (Å²) in [5, 5.41) is 11.4. The van der Waals surface area contributed by atoms with Crippen LogP contribution in [0.4, 0.5) is 24.9 Å². The fourth-order valence-corrected chi connectivity index (χ4v) is 1.25. The van der Waals surface area contributed by atoms with Crippen molar-refractivity contribution in [3.05, 3.63) is 11.8 Å². The van der Waals surface area contributed by atoms with E-state index in [4.69, 9.17) is 10.9 Å². The largest absolute Gasteiger partial charge is 0.433 e. The Hall–Kier alpha value is -1.61. The monoisotopic (exact) mass is 265 g/mol. The molecule has 1 aromatic heterocycles. The minimum atomic E-state index is -4.58. The van der Waals surface area contributed by atoms with Crippen LogP contribution in [0.25, 0.3) is 0 Å². The summed E-state index contributed by atoms with van der Waals surface area (Å²) in [5.74, 6) is 4.67. The lowest BCUT2D eigenvalue weighted by molar-refractivity contribution is -0.141. The van der Waals surface area contributed by atoms with Gasteiger partial charge in [-0.2, -0.15) is 18.2 Å². The van der Waals surface area contributed by atoms with Gasteiger partial charge in [-0.1, -0.05) is 0 Å². The van der Waals surface area contributed by atoms with Gasteiger partial charge in [0.05, 0.1) is 0 Å². The van der Waals surface area contributed by atoms with Crippen molar-refractivity contribution in [3.8, 4) is 0 Å². The summed E-state index contributed by atoms with van der Waals surface area (Å²) in [6, 6.07) is 0.561. The van der Waals surface area contributed by atoms with Crippen LogP contribution < -0.4 is 16.6 Å². The molecule has 1 heterocycles. The smallest absolute Gasteiger partial charge is 0.396 e. The average Bonchev–Trinajstić information content (AvgIpc) is 2.27. The molecule has 18 heavy (non-hydrogen) atoms. The van der Waals surface area contributed by atoms with Crippen molar-refractivity contribution in [2.75, 3.05) is 17.3 Å². The van der Waals surface area contributed by atoms with Crippen LogP contribution in [-0.4, -0.2) is 27.7 Å². The third-order valence-corrected chi connectivity index (χ3v) is 2.10. The van der Waals surface area contributed by atoms with E-state index in [1.807, 2.05) is 5.43 Å². The van der Waals surface area contributed by atoms with E-state index in [0.717, 1.165) is 6.07 Å². The number of aromatic nitrogens is 2. The standard InChI is InChI=1S/C9H14F3N5O/c1-5(2-3-18)14-7-4-6(9(10,11)12)15-8(16-7)17-13/h4-5,18H,2-3,13H2,1H3,(H2,14,15,16,17). The van der Waals surface area contributed by atoms with Crippen LogP contribution in [0.15, 0.2) is 6.07 Å². The Bertz CT molecular complexity index is 398. The molecule has 0 spiro atoms. The Kier molecular flexibility index (Phi) is 4.68. The fourth-order valence-electron chi connectivity index (χ4n) is 1.25. The number of aliphatic hydroxyl groups excluding tert-OH is 1. The molecule has 1 rings (SSSR count). The van der Waals surface area contributed by atoms with Crippen molar-refractivity contribution in [1.29, 1.82) is 0 Å². The Morgan fingerprint density at radius 3 is 2.61 bits per heavy atom. The molecular weight excluding hydrogens is 251 g/mol. The summed E-state index contributed by atoms with van der Waals surface area (Å²) in [6.45, 7) is 1.63. The highest BCUT2D eigenvalue weighted by Gasteiger charge is 2.33. The zero-order valence-corrected chi connectivity index (χ0v) is 9.62. The number of alkyl halides is 3. The van der Waals surface area contributed by atoms with Gasteiger partial charge in [0.15, 0.2) is 5.69 Å². The zero-order chi connectivity index (χ0) is 13.8. The molecule has 0 radical (unpaired) electrons. The minimum Gasteiger partial charge on any atom is -0.396 e. The molecule has 1 aromatic rings. The third kappa shape index (κ3) is 4.00. The number of hydrogen-bond acceptors (Lipinski definition) is 6.